The number of benzene rings is 2. The molecule has 1 aliphatic heterocycles. The van der Waals surface area contributed by atoms with E-state index in [1.165, 1.54) is 0 Å². The van der Waals surface area contributed by atoms with Crippen LogP contribution in [0.25, 0.3) is 0 Å². The fourth-order valence-electron chi connectivity index (χ4n) is 3.07. The van der Waals surface area contributed by atoms with Crippen molar-refractivity contribution in [3.8, 4) is 11.5 Å². The predicted octanol–water partition coefficient (Wildman–Crippen LogP) is 3.12. The van der Waals surface area contributed by atoms with E-state index >= 15 is 0 Å². The lowest BCUT2D eigenvalue weighted by atomic mass is 10.1. The van der Waals surface area contributed by atoms with Crippen LogP contribution in [0.1, 0.15) is 24.0 Å². The molecule has 0 aliphatic carbocycles. The topological polar surface area (TPSA) is 65.1 Å². The van der Waals surface area contributed by atoms with Gasteiger partial charge in [-0.05, 0) is 41.8 Å². The normalized spacial score (nSPS) is 13.6. The van der Waals surface area contributed by atoms with Crippen molar-refractivity contribution in [3.63, 3.8) is 0 Å². The van der Waals surface area contributed by atoms with E-state index in [-0.39, 0.29) is 24.9 Å². The molecule has 0 radical (unpaired) electrons. The van der Waals surface area contributed by atoms with Gasteiger partial charge in [-0.3, -0.25) is 9.59 Å². The molecule has 27 heavy (non-hydrogen) atoms. The first-order valence-corrected chi connectivity index (χ1v) is 8.86. The highest BCUT2D eigenvalue weighted by Gasteiger charge is 2.21. The molecule has 142 valence electrons. The molecule has 0 atom stereocenters. The standard InChI is InChI=1S/C21H23NO5/c1-25-18-10-7-16(12-19(18)26-2)14-27-21(24)13-15-5-8-17(9-6-15)22-11-3-4-20(22)23/h5-10,12H,3-4,11,13-14H2,1-2H3. The highest BCUT2D eigenvalue weighted by atomic mass is 16.5. The Morgan fingerprint density at radius 2 is 1.70 bits per heavy atom. The number of esters is 1. The average Bonchev–Trinajstić information content (AvgIpc) is 3.12. The van der Waals surface area contributed by atoms with Gasteiger partial charge in [0.2, 0.25) is 5.91 Å². The van der Waals surface area contributed by atoms with Crippen LogP contribution in [0.2, 0.25) is 0 Å². The SMILES string of the molecule is COc1ccc(COC(=O)Cc2ccc(N3CCCC3=O)cc2)cc1OC. The summed E-state index contributed by atoms with van der Waals surface area (Å²) in [6.45, 7) is 0.922. The highest BCUT2D eigenvalue weighted by Crippen LogP contribution is 2.28. The minimum absolute atomic E-state index is 0.150. The Kier molecular flexibility index (Phi) is 5.96. The lowest BCUT2D eigenvalue weighted by Gasteiger charge is -2.15. The number of anilines is 1. The summed E-state index contributed by atoms with van der Waals surface area (Å²) >= 11 is 0. The number of nitrogens with zero attached hydrogens (tertiary/aromatic N) is 1. The number of rotatable bonds is 7. The fraction of sp³-hybridized carbons (Fsp3) is 0.333. The van der Waals surface area contributed by atoms with Crippen LogP contribution in [0.3, 0.4) is 0 Å². The van der Waals surface area contributed by atoms with Gasteiger partial charge in [-0.1, -0.05) is 18.2 Å². The summed E-state index contributed by atoms with van der Waals surface area (Å²) in [7, 11) is 3.13. The van der Waals surface area contributed by atoms with E-state index in [1.54, 1.807) is 31.3 Å². The third-order valence-electron chi connectivity index (χ3n) is 4.52. The molecule has 3 rings (SSSR count). The van der Waals surface area contributed by atoms with Crippen molar-refractivity contribution >= 4 is 17.6 Å². The van der Waals surface area contributed by atoms with Crippen molar-refractivity contribution in [3.05, 3.63) is 53.6 Å². The number of amides is 1. The Labute approximate surface area is 158 Å². The van der Waals surface area contributed by atoms with Crippen molar-refractivity contribution in [1.82, 2.24) is 0 Å². The summed E-state index contributed by atoms with van der Waals surface area (Å²) in [5.41, 5.74) is 2.55. The van der Waals surface area contributed by atoms with Crippen LogP contribution in [-0.2, 0) is 27.4 Å². The lowest BCUT2D eigenvalue weighted by Crippen LogP contribution is -2.23. The maximum Gasteiger partial charge on any atom is 0.310 e. The summed E-state index contributed by atoms with van der Waals surface area (Å²) in [4.78, 5) is 25.7. The van der Waals surface area contributed by atoms with E-state index in [4.69, 9.17) is 14.2 Å². The van der Waals surface area contributed by atoms with Crippen LogP contribution in [0.15, 0.2) is 42.5 Å². The van der Waals surface area contributed by atoms with Gasteiger partial charge in [-0.2, -0.15) is 0 Å². The molecule has 2 aromatic carbocycles. The molecule has 0 saturated carbocycles. The summed E-state index contributed by atoms with van der Waals surface area (Å²) in [6.07, 6.45) is 1.68. The maximum atomic E-state index is 12.1. The summed E-state index contributed by atoms with van der Waals surface area (Å²) in [6, 6.07) is 12.9. The molecular weight excluding hydrogens is 346 g/mol. The van der Waals surface area contributed by atoms with Crippen molar-refractivity contribution in [2.24, 2.45) is 0 Å². The third-order valence-corrected chi connectivity index (χ3v) is 4.52. The van der Waals surface area contributed by atoms with E-state index in [0.29, 0.717) is 17.9 Å². The van der Waals surface area contributed by atoms with Crippen molar-refractivity contribution in [2.45, 2.75) is 25.9 Å². The molecule has 2 aromatic rings. The Morgan fingerprint density at radius 3 is 2.33 bits per heavy atom. The fourth-order valence-corrected chi connectivity index (χ4v) is 3.07. The molecule has 1 aliphatic rings. The van der Waals surface area contributed by atoms with Gasteiger partial charge in [0.1, 0.15) is 6.61 Å². The molecule has 6 nitrogen and oxygen atoms in total. The van der Waals surface area contributed by atoms with Crippen LogP contribution in [0, 0.1) is 0 Å². The second kappa shape index (κ2) is 8.58. The van der Waals surface area contributed by atoms with Crippen molar-refractivity contribution in [2.75, 3.05) is 25.7 Å². The molecule has 1 amide bonds. The number of ether oxygens (including phenoxy) is 3. The molecule has 0 aromatic heterocycles. The number of hydrogen-bond acceptors (Lipinski definition) is 5. The lowest BCUT2D eigenvalue weighted by molar-refractivity contribution is -0.144. The first-order chi connectivity index (χ1) is 13.1. The number of methoxy groups -OCH3 is 2. The molecule has 1 fully saturated rings. The average molecular weight is 369 g/mol. The minimum Gasteiger partial charge on any atom is -0.493 e. The van der Waals surface area contributed by atoms with Crippen LogP contribution >= 0.6 is 0 Å². The summed E-state index contributed by atoms with van der Waals surface area (Å²) in [5, 5.41) is 0. The zero-order valence-corrected chi connectivity index (χ0v) is 15.6. The van der Waals surface area contributed by atoms with Crippen LogP contribution in [-0.4, -0.2) is 32.6 Å². The van der Waals surface area contributed by atoms with Gasteiger partial charge < -0.3 is 19.1 Å². The second-order valence-corrected chi connectivity index (χ2v) is 6.34. The quantitative estimate of drug-likeness (QED) is 0.702. The van der Waals surface area contributed by atoms with E-state index in [1.807, 2.05) is 30.3 Å². The second-order valence-electron chi connectivity index (χ2n) is 6.34. The van der Waals surface area contributed by atoms with Gasteiger partial charge in [0.25, 0.3) is 0 Å². The van der Waals surface area contributed by atoms with E-state index in [2.05, 4.69) is 0 Å². The van der Waals surface area contributed by atoms with Crippen LogP contribution in [0.4, 0.5) is 5.69 Å². The van der Waals surface area contributed by atoms with Gasteiger partial charge in [0, 0.05) is 18.7 Å². The van der Waals surface area contributed by atoms with Gasteiger partial charge >= 0.3 is 5.97 Å². The molecular formula is C21H23NO5. The van der Waals surface area contributed by atoms with Crippen molar-refractivity contribution < 1.29 is 23.8 Å². The zero-order valence-electron chi connectivity index (χ0n) is 15.6. The Balaban J connectivity index is 1.54. The Bertz CT molecular complexity index is 816. The number of carbonyl (C=O) groups excluding carboxylic acids is 2. The predicted molar refractivity (Wildman–Crippen MR) is 101 cm³/mol. The summed E-state index contributed by atoms with van der Waals surface area (Å²) < 4.78 is 15.8. The van der Waals surface area contributed by atoms with E-state index in [9.17, 15) is 9.59 Å². The molecule has 1 heterocycles. The van der Waals surface area contributed by atoms with Crippen LogP contribution in [0.5, 0.6) is 11.5 Å². The molecule has 1 saturated heterocycles. The molecule has 0 bridgehead atoms. The largest absolute Gasteiger partial charge is 0.493 e. The Hall–Kier alpha value is -3.02. The van der Waals surface area contributed by atoms with Gasteiger partial charge in [-0.25, -0.2) is 0 Å². The monoisotopic (exact) mass is 369 g/mol. The maximum absolute atomic E-state index is 12.1. The molecule has 0 N–H and O–H groups in total. The Morgan fingerprint density at radius 1 is 1.00 bits per heavy atom. The third kappa shape index (κ3) is 4.58. The molecule has 0 spiro atoms. The van der Waals surface area contributed by atoms with Crippen LogP contribution < -0.4 is 14.4 Å². The highest BCUT2D eigenvalue weighted by molar-refractivity contribution is 5.95. The van der Waals surface area contributed by atoms with Gasteiger partial charge in [0.15, 0.2) is 11.5 Å². The van der Waals surface area contributed by atoms with Gasteiger partial charge in [-0.15, -0.1) is 0 Å². The number of carbonyl (C=O) groups is 2. The van der Waals surface area contributed by atoms with Gasteiger partial charge in [0.05, 0.1) is 20.6 Å². The minimum atomic E-state index is -0.310. The first kappa shape index (κ1) is 18.8. The smallest absolute Gasteiger partial charge is 0.310 e. The summed E-state index contributed by atoms with van der Waals surface area (Å²) in [5.74, 6) is 1.06. The first-order valence-electron chi connectivity index (χ1n) is 8.86. The van der Waals surface area contributed by atoms with E-state index < -0.39 is 0 Å². The molecule has 0 unspecified atom stereocenters. The zero-order chi connectivity index (χ0) is 19.2. The number of hydrogen-bond donors (Lipinski definition) is 0. The van der Waals surface area contributed by atoms with Crippen molar-refractivity contribution in [1.29, 1.82) is 0 Å². The molecule has 6 heteroatoms. The van der Waals surface area contributed by atoms with E-state index in [0.717, 1.165) is 29.8 Å².